The molecule has 1 aliphatic heterocycles. The summed E-state index contributed by atoms with van der Waals surface area (Å²) in [5.74, 6) is -1.32. The van der Waals surface area contributed by atoms with Gasteiger partial charge in [-0.3, -0.25) is 9.59 Å². The molecule has 0 bridgehead atoms. The number of carbonyl (C=O) groups is 2. The SMILES string of the molecule is CCCCO[C@H](C)C(=O)N1CCC[C@H](C(=O)O)C1. The minimum atomic E-state index is -0.813. The Hall–Kier alpha value is -1.10. The molecule has 1 heterocycles. The first kappa shape index (κ1) is 15.0. The highest BCUT2D eigenvalue weighted by molar-refractivity contribution is 5.81. The first-order valence-electron chi connectivity index (χ1n) is 6.69. The highest BCUT2D eigenvalue weighted by atomic mass is 16.5. The molecule has 1 N–H and O–H groups in total. The van der Waals surface area contributed by atoms with Crippen LogP contribution in [0, 0.1) is 5.92 Å². The van der Waals surface area contributed by atoms with Gasteiger partial charge in [0.05, 0.1) is 5.92 Å². The molecule has 2 atom stereocenters. The van der Waals surface area contributed by atoms with Crippen LogP contribution in [0.1, 0.15) is 39.5 Å². The summed E-state index contributed by atoms with van der Waals surface area (Å²) < 4.78 is 5.45. The molecule has 1 rings (SSSR count). The van der Waals surface area contributed by atoms with Gasteiger partial charge in [0.15, 0.2) is 0 Å². The molecule has 5 nitrogen and oxygen atoms in total. The zero-order valence-corrected chi connectivity index (χ0v) is 11.2. The number of rotatable bonds is 6. The standard InChI is InChI=1S/C13H23NO4/c1-3-4-8-18-10(2)12(15)14-7-5-6-11(9-14)13(16)17/h10-11H,3-9H2,1-2H3,(H,16,17)/t10-,11+/m1/s1. The Balaban J connectivity index is 2.42. The monoisotopic (exact) mass is 257 g/mol. The average molecular weight is 257 g/mol. The molecule has 1 amide bonds. The van der Waals surface area contributed by atoms with Crippen molar-refractivity contribution < 1.29 is 19.4 Å². The third kappa shape index (κ3) is 4.29. The van der Waals surface area contributed by atoms with Gasteiger partial charge in [0, 0.05) is 19.7 Å². The molecule has 0 unspecified atom stereocenters. The lowest BCUT2D eigenvalue weighted by Crippen LogP contribution is -2.46. The van der Waals surface area contributed by atoms with E-state index >= 15 is 0 Å². The smallest absolute Gasteiger partial charge is 0.308 e. The number of nitrogens with zero attached hydrogens (tertiary/aromatic N) is 1. The Morgan fingerprint density at radius 3 is 2.83 bits per heavy atom. The molecular weight excluding hydrogens is 234 g/mol. The lowest BCUT2D eigenvalue weighted by atomic mass is 9.98. The molecule has 1 saturated heterocycles. The summed E-state index contributed by atoms with van der Waals surface area (Å²) in [5.41, 5.74) is 0. The maximum absolute atomic E-state index is 12.1. The second-order valence-electron chi connectivity index (χ2n) is 4.83. The number of piperidine rings is 1. The number of ether oxygens (including phenoxy) is 1. The molecule has 104 valence electrons. The maximum Gasteiger partial charge on any atom is 0.308 e. The van der Waals surface area contributed by atoms with Crippen LogP contribution in [0.5, 0.6) is 0 Å². The van der Waals surface area contributed by atoms with Gasteiger partial charge in [-0.05, 0) is 26.2 Å². The van der Waals surface area contributed by atoms with Gasteiger partial charge in [-0.15, -0.1) is 0 Å². The number of amides is 1. The number of aliphatic carboxylic acids is 1. The van der Waals surface area contributed by atoms with Gasteiger partial charge in [0.25, 0.3) is 5.91 Å². The Morgan fingerprint density at radius 2 is 2.22 bits per heavy atom. The van der Waals surface area contributed by atoms with E-state index in [1.807, 2.05) is 0 Å². The molecule has 0 aromatic rings. The Morgan fingerprint density at radius 1 is 1.50 bits per heavy atom. The molecule has 5 heteroatoms. The predicted octanol–water partition coefficient (Wildman–Crippen LogP) is 1.51. The van der Waals surface area contributed by atoms with Crippen molar-refractivity contribution in [2.45, 2.75) is 45.6 Å². The first-order chi connectivity index (χ1) is 8.56. The molecular formula is C13H23NO4. The van der Waals surface area contributed by atoms with Gasteiger partial charge < -0.3 is 14.7 Å². The second kappa shape index (κ2) is 7.36. The Labute approximate surface area is 108 Å². The Kier molecular flexibility index (Phi) is 6.12. The number of carboxylic acid groups (broad SMARTS) is 1. The van der Waals surface area contributed by atoms with E-state index in [9.17, 15) is 9.59 Å². The molecule has 0 aromatic carbocycles. The number of likely N-dealkylation sites (tertiary alicyclic amines) is 1. The molecule has 0 aromatic heterocycles. The van der Waals surface area contributed by atoms with Crippen LogP contribution in [0.25, 0.3) is 0 Å². The summed E-state index contributed by atoms with van der Waals surface area (Å²) in [5, 5.41) is 8.98. The van der Waals surface area contributed by atoms with Crippen LogP contribution >= 0.6 is 0 Å². The lowest BCUT2D eigenvalue weighted by molar-refractivity contribution is -0.150. The second-order valence-corrected chi connectivity index (χ2v) is 4.83. The van der Waals surface area contributed by atoms with Gasteiger partial charge >= 0.3 is 5.97 Å². The first-order valence-corrected chi connectivity index (χ1v) is 6.69. The Bertz CT molecular complexity index is 293. The number of carboxylic acids is 1. The largest absolute Gasteiger partial charge is 0.481 e. The van der Waals surface area contributed by atoms with E-state index < -0.39 is 18.0 Å². The van der Waals surface area contributed by atoms with Crippen LogP contribution in [0.4, 0.5) is 0 Å². The van der Waals surface area contributed by atoms with E-state index in [0.717, 1.165) is 19.3 Å². The molecule has 1 fully saturated rings. The number of hydrogen-bond acceptors (Lipinski definition) is 3. The minimum absolute atomic E-state index is 0.0861. The van der Waals surface area contributed by atoms with Gasteiger partial charge in [0.2, 0.25) is 0 Å². The van der Waals surface area contributed by atoms with Crippen molar-refractivity contribution in [2.75, 3.05) is 19.7 Å². The van der Waals surface area contributed by atoms with Gasteiger partial charge in [0.1, 0.15) is 6.10 Å². The van der Waals surface area contributed by atoms with Crippen LogP contribution in [-0.2, 0) is 14.3 Å². The molecule has 1 aliphatic rings. The fourth-order valence-electron chi connectivity index (χ4n) is 2.11. The predicted molar refractivity (Wildman–Crippen MR) is 67.3 cm³/mol. The van der Waals surface area contributed by atoms with Gasteiger partial charge in [-0.25, -0.2) is 0 Å². The molecule has 0 spiro atoms. The fraction of sp³-hybridized carbons (Fsp3) is 0.846. The fourth-order valence-corrected chi connectivity index (χ4v) is 2.11. The summed E-state index contributed by atoms with van der Waals surface area (Å²) in [6, 6.07) is 0. The van der Waals surface area contributed by atoms with Gasteiger partial charge in [-0.1, -0.05) is 13.3 Å². The van der Waals surface area contributed by atoms with Gasteiger partial charge in [-0.2, -0.15) is 0 Å². The van der Waals surface area contributed by atoms with Crippen LogP contribution in [0.2, 0.25) is 0 Å². The lowest BCUT2D eigenvalue weighted by Gasteiger charge is -2.32. The quantitative estimate of drug-likeness (QED) is 0.732. The topological polar surface area (TPSA) is 66.8 Å². The number of carbonyl (C=O) groups excluding carboxylic acids is 1. The van der Waals surface area contributed by atoms with E-state index in [0.29, 0.717) is 26.1 Å². The van der Waals surface area contributed by atoms with E-state index in [1.165, 1.54) is 0 Å². The summed E-state index contributed by atoms with van der Waals surface area (Å²) in [4.78, 5) is 24.6. The van der Waals surface area contributed by atoms with Crippen molar-refractivity contribution in [1.82, 2.24) is 4.90 Å². The van der Waals surface area contributed by atoms with Crippen LogP contribution in [-0.4, -0.2) is 47.7 Å². The van der Waals surface area contributed by atoms with Crippen molar-refractivity contribution in [3.8, 4) is 0 Å². The third-order valence-corrected chi connectivity index (χ3v) is 3.30. The summed E-state index contributed by atoms with van der Waals surface area (Å²) in [6.45, 7) is 5.35. The van der Waals surface area contributed by atoms with Crippen LogP contribution in [0.3, 0.4) is 0 Å². The third-order valence-electron chi connectivity index (χ3n) is 3.30. The number of hydrogen-bond donors (Lipinski definition) is 1. The molecule has 0 radical (unpaired) electrons. The van der Waals surface area contributed by atoms with Crippen molar-refractivity contribution in [1.29, 1.82) is 0 Å². The normalized spacial score (nSPS) is 21.7. The van der Waals surface area contributed by atoms with Crippen molar-refractivity contribution in [3.63, 3.8) is 0 Å². The number of unbranched alkanes of at least 4 members (excludes halogenated alkanes) is 1. The van der Waals surface area contributed by atoms with E-state index in [2.05, 4.69) is 6.92 Å². The summed E-state index contributed by atoms with van der Waals surface area (Å²) >= 11 is 0. The van der Waals surface area contributed by atoms with E-state index in [-0.39, 0.29) is 5.91 Å². The zero-order valence-electron chi connectivity index (χ0n) is 11.2. The van der Waals surface area contributed by atoms with Crippen LogP contribution < -0.4 is 0 Å². The van der Waals surface area contributed by atoms with Crippen molar-refractivity contribution in [3.05, 3.63) is 0 Å². The maximum atomic E-state index is 12.1. The zero-order chi connectivity index (χ0) is 13.5. The minimum Gasteiger partial charge on any atom is -0.481 e. The van der Waals surface area contributed by atoms with E-state index in [4.69, 9.17) is 9.84 Å². The van der Waals surface area contributed by atoms with E-state index in [1.54, 1.807) is 11.8 Å². The summed E-state index contributed by atoms with van der Waals surface area (Å²) in [7, 11) is 0. The van der Waals surface area contributed by atoms with Crippen molar-refractivity contribution in [2.24, 2.45) is 5.92 Å². The molecule has 0 saturated carbocycles. The van der Waals surface area contributed by atoms with Crippen molar-refractivity contribution >= 4 is 11.9 Å². The molecule has 0 aliphatic carbocycles. The highest BCUT2D eigenvalue weighted by Crippen LogP contribution is 2.17. The highest BCUT2D eigenvalue weighted by Gasteiger charge is 2.30. The molecule has 18 heavy (non-hydrogen) atoms. The average Bonchev–Trinajstić information content (AvgIpc) is 2.38. The van der Waals surface area contributed by atoms with Crippen LogP contribution in [0.15, 0.2) is 0 Å². The summed E-state index contributed by atoms with van der Waals surface area (Å²) in [6.07, 6.45) is 2.92.